The second-order valence-corrected chi connectivity index (χ2v) is 8.76. The Kier molecular flexibility index (Phi) is 3.61. The number of carbonyl (C=O) groups is 1. The molecular weight excluding hydrogens is 312 g/mol. The molecule has 0 unspecified atom stereocenters. The molecule has 1 aliphatic heterocycles. The molecule has 6 nitrogen and oxygen atoms in total. The number of nitrogens with two attached hydrogens (primary N) is 1. The smallest absolute Gasteiger partial charge is 0.178 e. The summed E-state index contributed by atoms with van der Waals surface area (Å²) in [5.74, 6) is 0.944. The summed E-state index contributed by atoms with van der Waals surface area (Å²) < 4.78 is 28.4. The number of Topliss-reactive ketones (excluding diaryl/α,β-unsaturated/α-hetero) is 1. The van der Waals surface area contributed by atoms with Gasteiger partial charge in [0, 0.05) is 19.0 Å². The van der Waals surface area contributed by atoms with Crippen molar-refractivity contribution < 1.29 is 17.9 Å². The molecule has 2 heterocycles. The number of nitrogen functional groups attached to an aromatic ring is 1. The van der Waals surface area contributed by atoms with Crippen molar-refractivity contribution in [2.24, 2.45) is 5.92 Å². The Balaban J connectivity index is 1.91. The van der Waals surface area contributed by atoms with Crippen LogP contribution in [0.15, 0.2) is 0 Å². The number of sulfone groups is 1. The fourth-order valence-corrected chi connectivity index (χ4v) is 4.91. The predicted molar refractivity (Wildman–Crippen MR) is 83.2 cm³/mol. The van der Waals surface area contributed by atoms with Crippen LogP contribution in [0.2, 0.25) is 0 Å². The number of rotatable bonds is 4. The van der Waals surface area contributed by atoms with Gasteiger partial charge in [0.1, 0.15) is 5.00 Å². The molecular formula is C13H18N2O4S2. The van der Waals surface area contributed by atoms with Crippen molar-refractivity contribution in [3.05, 3.63) is 4.88 Å². The molecule has 0 atom stereocenters. The molecule has 1 aromatic heterocycles. The van der Waals surface area contributed by atoms with Gasteiger partial charge in [0.15, 0.2) is 21.4 Å². The molecule has 1 saturated heterocycles. The van der Waals surface area contributed by atoms with Gasteiger partial charge in [-0.15, -0.1) is 11.3 Å². The van der Waals surface area contributed by atoms with Crippen LogP contribution < -0.4 is 15.4 Å². The zero-order valence-corrected chi connectivity index (χ0v) is 13.4. The lowest BCUT2D eigenvalue weighted by Crippen LogP contribution is -2.40. The van der Waals surface area contributed by atoms with E-state index in [1.807, 2.05) is 4.90 Å². The van der Waals surface area contributed by atoms with Crippen molar-refractivity contribution in [1.82, 2.24) is 0 Å². The fourth-order valence-electron chi connectivity index (χ4n) is 2.45. The Morgan fingerprint density at radius 3 is 2.48 bits per heavy atom. The van der Waals surface area contributed by atoms with Crippen LogP contribution in [-0.2, 0) is 9.84 Å². The van der Waals surface area contributed by atoms with E-state index in [4.69, 9.17) is 10.5 Å². The standard InChI is InChI=1S/C13H18N2O4S2/c1-19-11-9(14)12(10(16)8-2-3-8)20-13(11)15-4-6-21(17,18)7-5-15/h8H,2-7,14H2,1H3. The summed E-state index contributed by atoms with van der Waals surface area (Å²) in [6, 6.07) is 0. The van der Waals surface area contributed by atoms with Gasteiger partial charge in [-0.1, -0.05) is 0 Å². The van der Waals surface area contributed by atoms with E-state index in [0.29, 0.717) is 29.4 Å². The number of ether oxygens (including phenoxy) is 1. The number of nitrogens with zero attached hydrogens (tertiary/aromatic N) is 1. The molecule has 21 heavy (non-hydrogen) atoms. The molecule has 0 spiro atoms. The Morgan fingerprint density at radius 1 is 1.33 bits per heavy atom. The maximum Gasteiger partial charge on any atom is 0.178 e. The van der Waals surface area contributed by atoms with Crippen LogP contribution in [0, 0.1) is 5.92 Å². The molecule has 0 amide bonds. The molecule has 0 radical (unpaired) electrons. The van der Waals surface area contributed by atoms with E-state index in [9.17, 15) is 13.2 Å². The predicted octanol–water partition coefficient (Wildman–Crippen LogP) is 1.17. The zero-order valence-electron chi connectivity index (χ0n) is 11.8. The van der Waals surface area contributed by atoms with Crippen LogP contribution in [-0.4, -0.2) is 45.9 Å². The molecule has 1 aliphatic carbocycles. The van der Waals surface area contributed by atoms with E-state index in [2.05, 4.69) is 0 Å². The van der Waals surface area contributed by atoms with Crippen molar-refractivity contribution in [2.45, 2.75) is 12.8 Å². The minimum atomic E-state index is -2.94. The number of carbonyl (C=O) groups excluding carboxylic acids is 1. The van der Waals surface area contributed by atoms with E-state index in [1.165, 1.54) is 18.4 Å². The van der Waals surface area contributed by atoms with Gasteiger partial charge >= 0.3 is 0 Å². The Hall–Kier alpha value is -1.28. The van der Waals surface area contributed by atoms with E-state index < -0.39 is 9.84 Å². The molecule has 3 rings (SSSR count). The van der Waals surface area contributed by atoms with Crippen molar-refractivity contribution >= 4 is 37.6 Å². The summed E-state index contributed by atoms with van der Waals surface area (Å²) in [5, 5.41) is 0.772. The highest BCUT2D eigenvalue weighted by Crippen LogP contribution is 2.47. The molecule has 2 fully saturated rings. The number of methoxy groups -OCH3 is 1. The SMILES string of the molecule is COc1c(N2CCS(=O)(=O)CC2)sc(C(=O)C2CC2)c1N. The molecule has 1 aromatic rings. The molecule has 0 bridgehead atoms. The third kappa shape index (κ3) is 2.74. The summed E-state index contributed by atoms with van der Waals surface area (Å²) in [6.07, 6.45) is 1.85. The number of hydrogen-bond acceptors (Lipinski definition) is 7. The van der Waals surface area contributed by atoms with Crippen molar-refractivity contribution in [2.75, 3.05) is 42.3 Å². The molecule has 8 heteroatoms. The summed E-state index contributed by atoms with van der Waals surface area (Å²) in [7, 11) is -1.42. The van der Waals surface area contributed by atoms with Gasteiger partial charge < -0.3 is 15.4 Å². The highest BCUT2D eigenvalue weighted by Gasteiger charge is 2.35. The van der Waals surface area contributed by atoms with Crippen LogP contribution in [0.1, 0.15) is 22.5 Å². The van der Waals surface area contributed by atoms with Crippen LogP contribution >= 0.6 is 11.3 Å². The fraction of sp³-hybridized carbons (Fsp3) is 0.615. The summed E-state index contributed by atoms with van der Waals surface area (Å²) in [6.45, 7) is 0.825. The first-order valence-corrected chi connectivity index (χ1v) is 9.52. The summed E-state index contributed by atoms with van der Waals surface area (Å²) in [5.41, 5.74) is 6.45. The molecule has 1 saturated carbocycles. The monoisotopic (exact) mass is 330 g/mol. The van der Waals surface area contributed by atoms with Gasteiger partial charge in [-0.05, 0) is 12.8 Å². The van der Waals surface area contributed by atoms with Gasteiger partial charge in [-0.2, -0.15) is 0 Å². The minimum absolute atomic E-state index is 0.0895. The average molecular weight is 330 g/mol. The van der Waals surface area contributed by atoms with E-state index in [1.54, 1.807) is 0 Å². The summed E-state index contributed by atoms with van der Waals surface area (Å²) in [4.78, 5) is 14.8. The first-order chi connectivity index (χ1) is 9.93. The second-order valence-electron chi connectivity index (χ2n) is 5.46. The van der Waals surface area contributed by atoms with E-state index in [-0.39, 0.29) is 23.2 Å². The zero-order chi connectivity index (χ0) is 15.2. The number of hydrogen-bond donors (Lipinski definition) is 1. The van der Waals surface area contributed by atoms with Crippen molar-refractivity contribution in [3.63, 3.8) is 0 Å². The van der Waals surface area contributed by atoms with Gasteiger partial charge in [0.2, 0.25) is 0 Å². The van der Waals surface area contributed by atoms with Crippen LogP contribution in [0.25, 0.3) is 0 Å². The highest BCUT2D eigenvalue weighted by atomic mass is 32.2. The Morgan fingerprint density at radius 2 is 1.95 bits per heavy atom. The number of ketones is 1. The summed E-state index contributed by atoms with van der Waals surface area (Å²) >= 11 is 1.33. The topological polar surface area (TPSA) is 89.7 Å². The number of thiophene rings is 1. The van der Waals surface area contributed by atoms with Crippen LogP contribution in [0.5, 0.6) is 5.75 Å². The second kappa shape index (κ2) is 5.17. The van der Waals surface area contributed by atoms with Gasteiger partial charge in [-0.3, -0.25) is 4.79 Å². The first-order valence-electron chi connectivity index (χ1n) is 6.89. The molecule has 116 valence electrons. The Bertz CT molecular complexity index is 663. The third-order valence-corrected chi connectivity index (χ3v) is 6.76. The maximum absolute atomic E-state index is 12.3. The molecule has 0 aromatic carbocycles. The molecule has 2 aliphatic rings. The highest BCUT2D eigenvalue weighted by molar-refractivity contribution is 7.91. The van der Waals surface area contributed by atoms with Gasteiger partial charge in [0.05, 0.1) is 29.2 Å². The van der Waals surface area contributed by atoms with Crippen LogP contribution in [0.3, 0.4) is 0 Å². The van der Waals surface area contributed by atoms with E-state index in [0.717, 1.165) is 17.8 Å². The quantitative estimate of drug-likeness (QED) is 0.834. The van der Waals surface area contributed by atoms with Crippen molar-refractivity contribution in [1.29, 1.82) is 0 Å². The normalized spacial score (nSPS) is 21.3. The third-order valence-electron chi connectivity index (χ3n) is 3.89. The van der Waals surface area contributed by atoms with E-state index >= 15 is 0 Å². The van der Waals surface area contributed by atoms with Crippen molar-refractivity contribution in [3.8, 4) is 5.75 Å². The Labute approximate surface area is 127 Å². The lowest BCUT2D eigenvalue weighted by Gasteiger charge is -2.27. The van der Waals surface area contributed by atoms with Crippen LogP contribution in [0.4, 0.5) is 10.7 Å². The maximum atomic E-state index is 12.3. The largest absolute Gasteiger partial charge is 0.492 e. The first kappa shape index (κ1) is 14.6. The minimum Gasteiger partial charge on any atom is -0.492 e. The van der Waals surface area contributed by atoms with Gasteiger partial charge in [-0.25, -0.2) is 8.42 Å². The number of anilines is 2. The lowest BCUT2D eigenvalue weighted by atomic mass is 10.2. The lowest BCUT2D eigenvalue weighted by molar-refractivity contribution is 0.0972. The molecule has 2 N–H and O–H groups in total. The van der Waals surface area contributed by atoms with Gasteiger partial charge in [0.25, 0.3) is 0 Å². The average Bonchev–Trinajstić information content (AvgIpc) is 3.23.